The average Bonchev–Trinajstić information content (AvgIpc) is 3.19. The monoisotopic (exact) mass is 507 g/mol. The van der Waals surface area contributed by atoms with Gasteiger partial charge < -0.3 is 25.0 Å². The van der Waals surface area contributed by atoms with E-state index >= 15 is 4.39 Å². The number of rotatable bonds is 7. The largest absolute Gasteiger partial charge is 0.353 e. The van der Waals surface area contributed by atoms with Gasteiger partial charge in [-0.05, 0) is 31.3 Å². The van der Waals surface area contributed by atoms with Crippen LogP contribution in [0.3, 0.4) is 0 Å². The number of hydrogen-bond donors (Lipinski definition) is 2. The molecule has 1 aliphatic rings. The zero-order chi connectivity index (χ0) is 26.3. The number of hydrogen-bond acceptors (Lipinski definition) is 6. The maximum Gasteiger partial charge on any atom is 0.259 e. The van der Waals surface area contributed by atoms with Gasteiger partial charge in [-0.25, -0.2) is 9.37 Å². The van der Waals surface area contributed by atoms with Gasteiger partial charge in [0.25, 0.3) is 5.91 Å². The number of amides is 2. The highest BCUT2D eigenvalue weighted by molar-refractivity contribution is 6.06. The minimum Gasteiger partial charge on any atom is -0.353 e. The number of halogens is 1. The highest BCUT2D eigenvalue weighted by Crippen LogP contribution is 2.28. The molecule has 4 aromatic rings. The summed E-state index contributed by atoms with van der Waals surface area (Å²) in [5.74, 6) is -1.45. The standard InChI is InChI=1S/C26H30FN7O3/c1-4-32(5-2)12-10-29-25(37)21-22(36)16-14-17(27)24(33-13-11-28-20(35)15-33)30-23(16)34-19-9-7-6-8-18(19)31(3)26(21)34/h6-9,14H,4-5,10-13,15H2,1-3H3,(H,28,35)(H,29,37). The van der Waals surface area contributed by atoms with Gasteiger partial charge >= 0.3 is 0 Å². The number of aromatic nitrogens is 3. The van der Waals surface area contributed by atoms with E-state index in [0.29, 0.717) is 31.8 Å². The smallest absolute Gasteiger partial charge is 0.259 e. The fourth-order valence-electron chi connectivity index (χ4n) is 5.05. The molecule has 2 N–H and O–H groups in total. The Kier molecular flexibility index (Phi) is 6.55. The Morgan fingerprint density at radius 2 is 1.92 bits per heavy atom. The Labute approximate surface area is 212 Å². The van der Waals surface area contributed by atoms with Crippen molar-refractivity contribution in [1.29, 1.82) is 0 Å². The van der Waals surface area contributed by atoms with Crippen molar-refractivity contribution in [3.05, 3.63) is 51.9 Å². The van der Waals surface area contributed by atoms with Crippen LogP contribution in [0.15, 0.2) is 35.1 Å². The van der Waals surface area contributed by atoms with Crippen molar-refractivity contribution in [1.82, 2.24) is 29.5 Å². The average molecular weight is 508 g/mol. The van der Waals surface area contributed by atoms with Gasteiger partial charge in [0.2, 0.25) is 11.3 Å². The molecule has 3 aromatic heterocycles. The van der Waals surface area contributed by atoms with Crippen molar-refractivity contribution >= 4 is 45.3 Å². The van der Waals surface area contributed by atoms with Crippen LogP contribution in [0.1, 0.15) is 24.2 Å². The molecule has 0 aliphatic carbocycles. The van der Waals surface area contributed by atoms with Crippen LogP contribution >= 0.6 is 0 Å². The number of carbonyl (C=O) groups is 2. The van der Waals surface area contributed by atoms with Gasteiger partial charge in [0.05, 0.1) is 23.0 Å². The molecule has 1 aromatic carbocycles. The van der Waals surface area contributed by atoms with E-state index in [-0.39, 0.29) is 34.9 Å². The van der Waals surface area contributed by atoms with E-state index in [0.717, 1.165) is 30.2 Å². The van der Waals surface area contributed by atoms with Crippen LogP contribution in [0, 0.1) is 5.82 Å². The molecule has 10 nitrogen and oxygen atoms in total. The SMILES string of the molecule is CCN(CC)CCNC(=O)c1c(=O)c2cc(F)c(N3CCNC(=O)C3)nc2n2c3ccccc3n(C)c12. The van der Waals surface area contributed by atoms with Crippen LogP contribution in [0.4, 0.5) is 10.2 Å². The van der Waals surface area contributed by atoms with Crippen molar-refractivity contribution in [3.63, 3.8) is 0 Å². The predicted molar refractivity (Wildman–Crippen MR) is 141 cm³/mol. The second-order valence-electron chi connectivity index (χ2n) is 9.13. The number of imidazole rings is 1. The first-order chi connectivity index (χ1) is 17.8. The van der Waals surface area contributed by atoms with Crippen molar-refractivity contribution in [3.8, 4) is 0 Å². The van der Waals surface area contributed by atoms with E-state index in [1.165, 1.54) is 0 Å². The van der Waals surface area contributed by atoms with Crippen LogP contribution in [-0.2, 0) is 11.8 Å². The summed E-state index contributed by atoms with van der Waals surface area (Å²) in [7, 11) is 1.79. The molecular weight excluding hydrogens is 477 g/mol. The molecule has 0 spiro atoms. The Bertz CT molecular complexity index is 1590. The number of nitrogens with zero attached hydrogens (tertiary/aromatic N) is 5. The minimum atomic E-state index is -0.715. The number of aryl methyl sites for hydroxylation is 1. The third kappa shape index (κ3) is 4.18. The third-order valence-corrected chi connectivity index (χ3v) is 7.03. The number of nitrogens with one attached hydrogen (secondary N) is 2. The lowest BCUT2D eigenvalue weighted by atomic mass is 10.1. The lowest BCUT2D eigenvalue weighted by Gasteiger charge is -2.28. The Morgan fingerprint density at radius 3 is 2.62 bits per heavy atom. The second-order valence-corrected chi connectivity index (χ2v) is 9.13. The predicted octanol–water partition coefficient (Wildman–Crippen LogP) is 1.49. The molecule has 0 atom stereocenters. The van der Waals surface area contributed by atoms with Gasteiger partial charge in [0.1, 0.15) is 11.2 Å². The van der Waals surface area contributed by atoms with Crippen molar-refractivity contribution < 1.29 is 14.0 Å². The summed E-state index contributed by atoms with van der Waals surface area (Å²) in [6.45, 7) is 7.55. The van der Waals surface area contributed by atoms with Crippen molar-refractivity contribution in [2.75, 3.05) is 50.7 Å². The number of anilines is 1. The minimum absolute atomic E-state index is 0.0000849. The summed E-state index contributed by atoms with van der Waals surface area (Å²) in [5, 5.41) is 5.60. The molecule has 194 valence electrons. The summed E-state index contributed by atoms with van der Waals surface area (Å²) in [4.78, 5) is 47.4. The van der Waals surface area contributed by atoms with Gasteiger partial charge in [0.15, 0.2) is 17.3 Å². The van der Waals surface area contributed by atoms with E-state index in [9.17, 15) is 14.4 Å². The zero-order valence-corrected chi connectivity index (χ0v) is 21.2. The molecule has 0 radical (unpaired) electrons. The van der Waals surface area contributed by atoms with Gasteiger partial charge in [0, 0.05) is 33.2 Å². The topological polar surface area (TPSA) is 104 Å². The van der Waals surface area contributed by atoms with Crippen molar-refractivity contribution in [2.24, 2.45) is 7.05 Å². The lowest BCUT2D eigenvalue weighted by molar-refractivity contribution is -0.120. The van der Waals surface area contributed by atoms with Crippen LogP contribution < -0.4 is 21.0 Å². The first kappa shape index (κ1) is 24.7. The van der Waals surface area contributed by atoms with E-state index in [1.54, 1.807) is 20.9 Å². The van der Waals surface area contributed by atoms with E-state index in [1.807, 2.05) is 38.1 Å². The first-order valence-corrected chi connectivity index (χ1v) is 12.5. The van der Waals surface area contributed by atoms with Gasteiger partial charge in [-0.1, -0.05) is 26.0 Å². The second kappa shape index (κ2) is 9.81. The molecule has 4 heterocycles. The molecule has 0 bridgehead atoms. The molecule has 1 saturated heterocycles. The number of carbonyl (C=O) groups excluding carboxylic acids is 2. The summed E-state index contributed by atoms with van der Waals surface area (Å²) < 4.78 is 18.9. The van der Waals surface area contributed by atoms with Gasteiger partial charge in [-0.3, -0.25) is 18.8 Å². The molecule has 5 rings (SSSR count). The molecule has 11 heteroatoms. The van der Waals surface area contributed by atoms with Crippen molar-refractivity contribution in [2.45, 2.75) is 13.8 Å². The molecule has 1 aliphatic heterocycles. The fraction of sp³-hybridized carbons (Fsp3) is 0.385. The van der Waals surface area contributed by atoms with Crippen LogP contribution in [0.2, 0.25) is 0 Å². The fourth-order valence-corrected chi connectivity index (χ4v) is 5.05. The molecule has 0 saturated carbocycles. The number of fused-ring (bicyclic) bond motifs is 5. The van der Waals surface area contributed by atoms with E-state index in [4.69, 9.17) is 0 Å². The van der Waals surface area contributed by atoms with E-state index < -0.39 is 17.2 Å². The number of pyridine rings is 2. The highest BCUT2D eigenvalue weighted by atomic mass is 19.1. The summed E-state index contributed by atoms with van der Waals surface area (Å²) in [6.07, 6.45) is 0. The summed E-state index contributed by atoms with van der Waals surface area (Å²) >= 11 is 0. The summed E-state index contributed by atoms with van der Waals surface area (Å²) in [6, 6.07) is 8.62. The highest BCUT2D eigenvalue weighted by Gasteiger charge is 2.27. The van der Waals surface area contributed by atoms with Gasteiger partial charge in [-0.15, -0.1) is 0 Å². The van der Waals surface area contributed by atoms with Crippen LogP contribution in [-0.4, -0.2) is 76.5 Å². The lowest BCUT2D eigenvalue weighted by Crippen LogP contribution is -2.48. The molecule has 0 unspecified atom stereocenters. The zero-order valence-electron chi connectivity index (χ0n) is 21.2. The van der Waals surface area contributed by atoms with Crippen LogP contribution in [0.25, 0.3) is 27.7 Å². The quantitative estimate of drug-likeness (QED) is 0.393. The maximum atomic E-state index is 15.3. The first-order valence-electron chi connectivity index (χ1n) is 12.5. The maximum absolute atomic E-state index is 15.3. The Morgan fingerprint density at radius 1 is 1.19 bits per heavy atom. The Balaban J connectivity index is 1.73. The molecule has 37 heavy (non-hydrogen) atoms. The van der Waals surface area contributed by atoms with Gasteiger partial charge in [-0.2, -0.15) is 0 Å². The van der Waals surface area contributed by atoms with Crippen LogP contribution in [0.5, 0.6) is 0 Å². The number of likely N-dealkylation sites (N-methyl/N-ethyl adjacent to an activating group) is 1. The molecular formula is C26H30FN7O3. The molecule has 1 fully saturated rings. The number of benzene rings is 1. The third-order valence-electron chi connectivity index (χ3n) is 7.03. The Hall–Kier alpha value is -3.99. The normalized spacial score (nSPS) is 14.2. The number of para-hydroxylation sites is 2. The van der Waals surface area contributed by atoms with E-state index in [2.05, 4.69) is 20.5 Å². The summed E-state index contributed by atoms with van der Waals surface area (Å²) in [5.41, 5.74) is 1.48. The number of piperazine rings is 1. The molecule has 2 amide bonds.